The third-order valence-corrected chi connectivity index (χ3v) is 15.6. The van der Waals surface area contributed by atoms with Gasteiger partial charge in [0, 0.05) is 0 Å². The molecule has 0 heterocycles. The van der Waals surface area contributed by atoms with Crippen LogP contribution in [0.2, 0.25) is 0 Å². The van der Waals surface area contributed by atoms with Gasteiger partial charge in [0.2, 0.25) is 0 Å². The average molecular weight is 423 g/mol. The summed E-state index contributed by atoms with van der Waals surface area (Å²) in [7, 11) is 4.44. The fourth-order valence-corrected chi connectivity index (χ4v) is 13.1. The molecule has 2 rings (SSSR count). The van der Waals surface area contributed by atoms with Crippen molar-refractivity contribution in [2.75, 3.05) is 14.1 Å². The van der Waals surface area contributed by atoms with E-state index < -0.39 is 5.61 Å². The zero-order valence-corrected chi connectivity index (χ0v) is 18.8. The number of halogens is 1. The van der Waals surface area contributed by atoms with Crippen molar-refractivity contribution in [2.24, 2.45) is 0 Å². The summed E-state index contributed by atoms with van der Waals surface area (Å²) in [6.45, 7) is 9.22. The Morgan fingerprint density at radius 3 is 1.64 bits per heavy atom. The Morgan fingerprint density at radius 1 is 0.800 bits per heavy atom. The average Bonchev–Trinajstić information content (AvgIpc) is 2.55. The predicted octanol–water partition coefficient (Wildman–Crippen LogP) is 5.89. The van der Waals surface area contributed by atoms with E-state index in [9.17, 15) is 0 Å². The molecule has 25 heavy (non-hydrogen) atoms. The molecule has 0 aliphatic heterocycles. The van der Waals surface area contributed by atoms with Crippen molar-refractivity contribution in [3.8, 4) is 0 Å². The molecule has 4 heteroatoms. The Hall–Kier alpha value is -0.730. The van der Waals surface area contributed by atoms with E-state index in [4.69, 9.17) is 0 Å². The van der Waals surface area contributed by atoms with E-state index in [2.05, 4.69) is 127 Å². The van der Waals surface area contributed by atoms with Gasteiger partial charge in [0.05, 0.1) is 0 Å². The molecule has 0 aromatic heterocycles. The second-order valence-electron chi connectivity index (χ2n) is 7.48. The van der Waals surface area contributed by atoms with Gasteiger partial charge in [-0.3, -0.25) is 0 Å². The van der Waals surface area contributed by atoms with Crippen LogP contribution in [0, 0.1) is 0 Å². The molecule has 0 aliphatic rings. The van der Waals surface area contributed by atoms with Gasteiger partial charge in [0.25, 0.3) is 0 Å². The first-order valence-electron chi connectivity index (χ1n) is 9.00. The minimum atomic E-state index is -2.78. The summed E-state index contributed by atoms with van der Waals surface area (Å²) >= 11 is 4.45. The van der Waals surface area contributed by atoms with Crippen LogP contribution in [0.3, 0.4) is 0 Å². The van der Waals surface area contributed by atoms with Gasteiger partial charge in [0.15, 0.2) is 0 Å². The van der Waals surface area contributed by atoms with Crippen LogP contribution >= 0.6 is 21.1 Å². The van der Waals surface area contributed by atoms with Gasteiger partial charge in [-0.15, -0.1) is 0 Å². The molecule has 138 valence electrons. The zero-order valence-electron chi connectivity index (χ0n) is 16.4. The molecular weight excluding hydrogens is 391 g/mol. The monoisotopic (exact) mass is 422 g/mol. The van der Waals surface area contributed by atoms with Crippen molar-refractivity contribution < 1.29 is 0 Å². The fourth-order valence-electron chi connectivity index (χ4n) is 4.05. The van der Waals surface area contributed by atoms with Gasteiger partial charge in [-0.05, 0) is 0 Å². The Balaban J connectivity index is 2.80. The maximum atomic E-state index is 4.45. The van der Waals surface area contributed by atoms with E-state index in [-0.39, 0.29) is 0 Å². The van der Waals surface area contributed by atoms with E-state index in [0.29, 0.717) is 12.1 Å². The maximum absolute atomic E-state index is 4.45. The van der Waals surface area contributed by atoms with Gasteiger partial charge in [-0.25, -0.2) is 0 Å². The van der Waals surface area contributed by atoms with E-state index in [1.807, 2.05) is 0 Å². The van der Waals surface area contributed by atoms with Crippen LogP contribution in [0.25, 0.3) is 0 Å². The van der Waals surface area contributed by atoms with Gasteiger partial charge < -0.3 is 0 Å². The van der Waals surface area contributed by atoms with E-state index >= 15 is 0 Å². The second kappa shape index (κ2) is 7.88. The number of hydrogen-bond acceptors (Lipinski definition) is 2. The van der Waals surface area contributed by atoms with Crippen LogP contribution in [0.5, 0.6) is 0 Å². The molecule has 0 bridgehead atoms. The van der Waals surface area contributed by atoms with Gasteiger partial charge in [-0.2, -0.15) is 0 Å². The Labute approximate surface area is 162 Å². The van der Waals surface area contributed by atoms with E-state index in [1.54, 1.807) is 0 Å². The number of hydrogen-bond donors (Lipinski definition) is 0. The van der Waals surface area contributed by atoms with Crippen molar-refractivity contribution in [3.05, 3.63) is 66.2 Å². The molecule has 0 atom stereocenters. The Kier molecular flexibility index (Phi) is 6.49. The molecular formula is C21H32BrN2P. The molecule has 0 amide bonds. The van der Waals surface area contributed by atoms with Gasteiger partial charge in [-0.1, -0.05) is 0 Å². The summed E-state index contributed by atoms with van der Waals surface area (Å²) in [5, 5.41) is 1.38. The molecule has 0 spiro atoms. The van der Waals surface area contributed by atoms with Crippen LogP contribution in [-0.2, 0) is 6.16 Å². The first-order valence-corrected chi connectivity index (χ1v) is 13.3. The summed E-state index contributed by atoms with van der Waals surface area (Å²) in [4.78, 5) is 0. The summed E-state index contributed by atoms with van der Waals surface area (Å²) in [6.07, 6.45) is 0.972. The van der Waals surface area contributed by atoms with Crippen molar-refractivity contribution in [1.29, 1.82) is 0 Å². The van der Waals surface area contributed by atoms with Gasteiger partial charge >= 0.3 is 162 Å². The van der Waals surface area contributed by atoms with Crippen LogP contribution in [0.1, 0.15) is 33.3 Å². The topological polar surface area (TPSA) is 6.48 Å². The molecule has 0 fully saturated rings. The number of nitrogens with zero attached hydrogens (tertiary/aromatic N) is 2. The second-order valence-corrected chi connectivity index (χ2v) is 16.2. The normalized spacial score (nSPS) is 14.3. The molecule has 0 radical (unpaired) electrons. The molecule has 0 saturated heterocycles. The SMILES string of the molecule is CC(C)N(C(C)C)P(Br)(Cc1ccccc1)(c1ccccc1)N(C)C. The molecule has 0 N–H and O–H groups in total. The fraction of sp³-hybridized carbons (Fsp3) is 0.429. The van der Waals surface area contributed by atoms with Crippen molar-refractivity contribution in [2.45, 2.75) is 45.9 Å². The Bertz CT molecular complexity index is 667. The van der Waals surface area contributed by atoms with Gasteiger partial charge in [0.1, 0.15) is 0 Å². The summed E-state index contributed by atoms with van der Waals surface area (Å²) in [6, 6.07) is 22.7. The molecule has 0 saturated carbocycles. The minimum absolute atomic E-state index is 0.420. The quantitative estimate of drug-likeness (QED) is 0.513. The van der Waals surface area contributed by atoms with E-state index in [1.165, 1.54) is 10.9 Å². The summed E-state index contributed by atoms with van der Waals surface area (Å²) in [5.41, 5.74) is -1.41. The number of rotatable bonds is 7. The molecule has 0 aliphatic carbocycles. The first kappa shape index (κ1) is 20.6. The molecule has 2 nitrogen and oxygen atoms in total. The molecule has 2 aromatic carbocycles. The first-order chi connectivity index (χ1) is 11.7. The standard InChI is InChI=1S/C21H32BrN2P/c1-18(2)24(19(3)4)25(22,23(5)6,21-15-11-8-12-16-21)17-20-13-9-7-10-14-20/h7-16,18-19H,17H2,1-6H3. The third-order valence-electron chi connectivity index (χ3n) is 4.91. The van der Waals surface area contributed by atoms with Crippen LogP contribution in [0.4, 0.5) is 0 Å². The van der Waals surface area contributed by atoms with Crippen LogP contribution in [0.15, 0.2) is 60.7 Å². The molecule has 2 aromatic rings. The van der Waals surface area contributed by atoms with Crippen molar-refractivity contribution >= 4 is 26.4 Å². The van der Waals surface area contributed by atoms with Crippen molar-refractivity contribution in [3.63, 3.8) is 0 Å². The predicted molar refractivity (Wildman–Crippen MR) is 118 cm³/mol. The molecule has 0 unspecified atom stereocenters. The zero-order chi connectivity index (χ0) is 18.7. The summed E-state index contributed by atoms with van der Waals surface area (Å²) < 4.78 is 5.15. The number of benzene rings is 2. The van der Waals surface area contributed by atoms with Crippen molar-refractivity contribution in [1.82, 2.24) is 9.34 Å². The summed E-state index contributed by atoms with van der Waals surface area (Å²) in [5.74, 6) is 0. The third kappa shape index (κ3) is 3.71. The van der Waals surface area contributed by atoms with Crippen LogP contribution in [-0.4, -0.2) is 35.5 Å². The van der Waals surface area contributed by atoms with E-state index in [0.717, 1.165) is 6.16 Å². The Morgan fingerprint density at radius 2 is 1.24 bits per heavy atom. The van der Waals surface area contributed by atoms with Crippen LogP contribution < -0.4 is 5.30 Å².